The van der Waals surface area contributed by atoms with Gasteiger partial charge in [0.2, 0.25) is 6.41 Å². The Balaban J connectivity index is 0.00000676. The van der Waals surface area contributed by atoms with Crippen LogP contribution < -0.4 is 0 Å². The maximum atomic E-state index is 11.2. The van der Waals surface area contributed by atoms with E-state index >= 15 is 0 Å². The van der Waals surface area contributed by atoms with Crippen molar-refractivity contribution in [3.8, 4) is 0 Å². The van der Waals surface area contributed by atoms with E-state index in [1.807, 2.05) is 0 Å². The van der Waals surface area contributed by atoms with Crippen LogP contribution in [0.1, 0.15) is 0 Å². The molecule has 0 atom stereocenters. The molecule has 1 rings (SSSR count). The van der Waals surface area contributed by atoms with Crippen LogP contribution in [0.4, 0.5) is 0 Å². The normalized spacial score (nSPS) is 18.6. The van der Waals surface area contributed by atoms with Crippen LogP contribution in [-0.2, 0) is 19.2 Å². The summed E-state index contributed by atoms with van der Waals surface area (Å²) in [6.45, 7) is 2.06. The fourth-order valence-corrected chi connectivity index (χ4v) is 2.71. The Morgan fingerprint density at radius 3 is 1.11 bits per heavy atom. The van der Waals surface area contributed by atoms with Crippen molar-refractivity contribution < 1.29 is 34.5 Å². The van der Waals surface area contributed by atoms with E-state index in [4.69, 9.17) is 15.3 Å². The van der Waals surface area contributed by atoms with Gasteiger partial charge >= 0.3 is 47.5 Å². The second kappa shape index (κ2) is 13.9. The van der Waals surface area contributed by atoms with Gasteiger partial charge in [0.15, 0.2) is 0 Å². The molecule has 11 nitrogen and oxygen atoms in total. The molecular formula is C15H27N4NaO7. The van der Waals surface area contributed by atoms with Crippen LogP contribution >= 0.6 is 0 Å². The fourth-order valence-electron chi connectivity index (χ4n) is 2.71. The van der Waals surface area contributed by atoms with Crippen LogP contribution in [0, 0.1) is 0 Å². The molecule has 0 spiro atoms. The van der Waals surface area contributed by atoms with Crippen LogP contribution in [-0.4, -0.2) is 161 Å². The molecule has 150 valence electrons. The van der Waals surface area contributed by atoms with E-state index in [9.17, 15) is 19.2 Å². The molecule has 1 heterocycles. The molecule has 1 aliphatic heterocycles. The third-order valence-corrected chi connectivity index (χ3v) is 4.10. The van der Waals surface area contributed by atoms with Crippen molar-refractivity contribution in [3.63, 3.8) is 0 Å². The van der Waals surface area contributed by atoms with Gasteiger partial charge in [-0.15, -0.1) is 0 Å². The minimum absolute atomic E-state index is 0. The zero-order valence-corrected chi connectivity index (χ0v) is 14.6. The molecule has 3 N–H and O–H groups in total. The van der Waals surface area contributed by atoms with Crippen LogP contribution in [0.25, 0.3) is 0 Å². The van der Waals surface area contributed by atoms with Crippen LogP contribution in [0.2, 0.25) is 0 Å². The Morgan fingerprint density at radius 2 is 0.889 bits per heavy atom. The molecule has 27 heavy (non-hydrogen) atoms. The number of aliphatic carboxylic acids is 3. The van der Waals surface area contributed by atoms with E-state index in [0.29, 0.717) is 58.8 Å². The molecule has 0 saturated carbocycles. The van der Waals surface area contributed by atoms with Gasteiger partial charge in [-0.3, -0.25) is 33.9 Å². The first-order valence-corrected chi connectivity index (χ1v) is 8.32. The van der Waals surface area contributed by atoms with E-state index in [-0.39, 0.29) is 49.2 Å². The van der Waals surface area contributed by atoms with Gasteiger partial charge in [0.25, 0.3) is 0 Å². The second-order valence-electron chi connectivity index (χ2n) is 6.15. The Labute approximate surface area is 179 Å². The SMILES string of the molecule is O=CN1CCN(CC(=O)O)CCN(CC(=O)O)CCN(CC(=O)O)CC1.[NaH]. The van der Waals surface area contributed by atoms with Gasteiger partial charge in [0.1, 0.15) is 0 Å². The molecule has 0 aromatic heterocycles. The molecule has 0 radical (unpaired) electrons. The molecule has 0 aromatic carbocycles. The van der Waals surface area contributed by atoms with Gasteiger partial charge in [0.05, 0.1) is 19.6 Å². The van der Waals surface area contributed by atoms with E-state index in [2.05, 4.69) is 0 Å². The molecule has 0 bridgehead atoms. The van der Waals surface area contributed by atoms with Crippen molar-refractivity contribution >= 4 is 53.9 Å². The number of rotatable bonds is 7. The summed E-state index contributed by atoms with van der Waals surface area (Å²) in [7, 11) is 0. The molecule has 1 amide bonds. The van der Waals surface area contributed by atoms with Crippen molar-refractivity contribution in [3.05, 3.63) is 0 Å². The van der Waals surface area contributed by atoms with Gasteiger partial charge < -0.3 is 20.2 Å². The van der Waals surface area contributed by atoms with Crippen molar-refractivity contribution in [2.24, 2.45) is 0 Å². The summed E-state index contributed by atoms with van der Waals surface area (Å²) < 4.78 is 0. The quantitative estimate of drug-likeness (QED) is 0.299. The fraction of sp³-hybridized carbons (Fsp3) is 0.733. The Morgan fingerprint density at radius 1 is 0.630 bits per heavy atom. The number of nitrogens with zero attached hydrogens (tertiary/aromatic N) is 4. The predicted molar refractivity (Wildman–Crippen MR) is 97.0 cm³/mol. The number of carboxylic acid groups (broad SMARTS) is 3. The summed E-state index contributed by atoms with van der Waals surface area (Å²) in [5, 5.41) is 27.1. The van der Waals surface area contributed by atoms with Crippen LogP contribution in [0.3, 0.4) is 0 Å². The van der Waals surface area contributed by atoms with Crippen molar-refractivity contribution in [2.45, 2.75) is 0 Å². The molecule has 1 aliphatic rings. The van der Waals surface area contributed by atoms with Gasteiger partial charge in [-0.25, -0.2) is 0 Å². The van der Waals surface area contributed by atoms with Gasteiger partial charge in [-0.05, 0) is 0 Å². The van der Waals surface area contributed by atoms with E-state index in [1.165, 1.54) is 4.90 Å². The minimum atomic E-state index is -1.00. The first kappa shape index (κ1) is 25.8. The molecule has 0 aromatic rings. The monoisotopic (exact) mass is 398 g/mol. The molecule has 0 aliphatic carbocycles. The summed E-state index contributed by atoms with van der Waals surface area (Å²) >= 11 is 0. The number of carbonyl (C=O) groups excluding carboxylic acids is 1. The Kier molecular flexibility index (Phi) is 13.2. The van der Waals surface area contributed by atoms with E-state index < -0.39 is 17.9 Å². The third kappa shape index (κ3) is 12.0. The summed E-state index contributed by atoms with van der Waals surface area (Å²) in [4.78, 5) is 50.7. The zero-order chi connectivity index (χ0) is 19.5. The first-order valence-electron chi connectivity index (χ1n) is 8.32. The predicted octanol–water partition coefficient (Wildman–Crippen LogP) is -3.03. The molecule has 0 unspecified atom stereocenters. The maximum absolute atomic E-state index is 11.2. The zero-order valence-electron chi connectivity index (χ0n) is 14.6. The van der Waals surface area contributed by atoms with Crippen LogP contribution in [0.5, 0.6) is 0 Å². The topological polar surface area (TPSA) is 142 Å². The average molecular weight is 398 g/mol. The van der Waals surface area contributed by atoms with Gasteiger partial charge in [-0.2, -0.15) is 0 Å². The Hall–Kier alpha value is -1.24. The summed E-state index contributed by atoms with van der Waals surface area (Å²) in [5.41, 5.74) is 0. The van der Waals surface area contributed by atoms with E-state index in [0.717, 1.165) is 0 Å². The second-order valence-corrected chi connectivity index (χ2v) is 6.15. The summed E-state index contributed by atoms with van der Waals surface area (Å²) in [5.74, 6) is -2.99. The van der Waals surface area contributed by atoms with Crippen LogP contribution in [0.15, 0.2) is 0 Å². The number of carbonyl (C=O) groups is 4. The van der Waals surface area contributed by atoms with Crippen molar-refractivity contribution in [1.82, 2.24) is 19.6 Å². The summed E-state index contributed by atoms with van der Waals surface area (Å²) in [6.07, 6.45) is 0.667. The standard InChI is InChI=1S/C15H26N4O7.Na.H/c20-12-19-7-5-17(10-14(23)24)3-1-16(9-13(21)22)2-4-18(6-8-19)11-15(25)26;;/h12H,1-11H2,(H,21,22)(H,23,24)(H,25,26);;. The number of hydrogen-bond acceptors (Lipinski definition) is 7. The van der Waals surface area contributed by atoms with Crippen molar-refractivity contribution in [1.29, 1.82) is 0 Å². The van der Waals surface area contributed by atoms with Gasteiger partial charge in [0, 0.05) is 52.4 Å². The average Bonchev–Trinajstić information content (AvgIpc) is 2.53. The number of hydrogen-bond donors (Lipinski definition) is 3. The van der Waals surface area contributed by atoms with E-state index in [1.54, 1.807) is 14.7 Å². The molecule has 12 heteroatoms. The number of carboxylic acids is 3. The Bertz CT molecular complexity index is 477. The first-order chi connectivity index (χ1) is 12.3. The third-order valence-electron chi connectivity index (χ3n) is 4.10. The molecule has 1 saturated heterocycles. The van der Waals surface area contributed by atoms with Gasteiger partial charge in [-0.1, -0.05) is 0 Å². The summed E-state index contributed by atoms with van der Waals surface area (Å²) in [6, 6.07) is 0. The molecule has 1 fully saturated rings. The van der Waals surface area contributed by atoms with Crippen molar-refractivity contribution in [2.75, 3.05) is 72.0 Å². The number of amides is 1. The molecular weight excluding hydrogens is 371 g/mol.